The van der Waals surface area contributed by atoms with Gasteiger partial charge in [-0.1, -0.05) is 23.5 Å². The number of anilines is 1. The van der Waals surface area contributed by atoms with E-state index in [1.807, 2.05) is 65.2 Å². The average Bonchev–Trinajstić information content (AvgIpc) is 3.41. The molecule has 5 rings (SSSR count). The molecule has 3 heterocycles. The summed E-state index contributed by atoms with van der Waals surface area (Å²) in [5.41, 5.74) is 6.70. The van der Waals surface area contributed by atoms with E-state index >= 15 is 0 Å². The van der Waals surface area contributed by atoms with Crippen LogP contribution in [0, 0.1) is 13.8 Å². The van der Waals surface area contributed by atoms with E-state index in [2.05, 4.69) is 53.6 Å². The summed E-state index contributed by atoms with van der Waals surface area (Å²) in [4.78, 5) is 34.8. The Morgan fingerprint density at radius 1 is 1.07 bits per heavy atom. The Morgan fingerprint density at radius 3 is 2.35 bits per heavy atom. The number of carbonyl (C=O) groups is 1. The van der Waals surface area contributed by atoms with Gasteiger partial charge in [0.05, 0.1) is 34.6 Å². The van der Waals surface area contributed by atoms with E-state index in [1.165, 1.54) is 11.3 Å². The molecule has 0 saturated carbocycles. The van der Waals surface area contributed by atoms with Gasteiger partial charge in [0.1, 0.15) is 5.75 Å². The highest BCUT2D eigenvalue weighted by atomic mass is 32.1. The van der Waals surface area contributed by atoms with Gasteiger partial charge in [0.15, 0.2) is 4.80 Å². The van der Waals surface area contributed by atoms with Gasteiger partial charge in [0, 0.05) is 36.9 Å². The zero-order valence-electron chi connectivity index (χ0n) is 26.0. The molecule has 0 N–H and O–H groups in total. The van der Waals surface area contributed by atoms with Crippen molar-refractivity contribution in [2.24, 2.45) is 4.99 Å². The third-order valence-corrected chi connectivity index (χ3v) is 8.46. The molecule has 0 unspecified atom stereocenters. The molecule has 8 nitrogen and oxygen atoms in total. The summed E-state index contributed by atoms with van der Waals surface area (Å²) >= 11 is 1.33. The van der Waals surface area contributed by atoms with Crippen molar-refractivity contribution in [1.82, 2.24) is 9.13 Å². The second-order valence-electron chi connectivity index (χ2n) is 11.1. The van der Waals surface area contributed by atoms with E-state index in [1.54, 1.807) is 11.5 Å². The molecular formula is C34H38N4O4S. The van der Waals surface area contributed by atoms with E-state index in [9.17, 15) is 9.59 Å². The fourth-order valence-corrected chi connectivity index (χ4v) is 6.50. The highest BCUT2D eigenvalue weighted by Gasteiger charge is 2.34. The summed E-state index contributed by atoms with van der Waals surface area (Å²) in [5.74, 6) is 0.241. The Kier molecular flexibility index (Phi) is 8.46. The Hall–Kier alpha value is -4.37. The van der Waals surface area contributed by atoms with Crippen molar-refractivity contribution in [1.29, 1.82) is 0 Å². The van der Waals surface area contributed by atoms with E-state index < -0.39 is 12.0 Å². The molecule has 224 valence electrons. The summed E-state index contributed by atoms with van der Waals surface area (Å²) in [6.07, 6.45) is 1.62. The lowest BCUT2D eigenvalue weighted by Gasteiger charge is -2.25. The van der Waals surface area contributed by atoms with Gasteiger partial charge in [0.2, 0.25) is 0 Å². The number of carbonyl (C=O) groups excluding carboxylic acids is 1. The topological polar surface area (TPSA) is 78.1 Å². The minimum atomic E-state index is -0.678. The monoisotopic (exact) mass is 598 g/mol. The number of nitrogens with zero attached hydrogens (tertiary/aromatic N) is 4. The molecule has 1 aliphatic heterocycles. The third kappa shape index (κ3) is 5.82. The second-order valence-corrected chi connectivity index (χ2v) is 12.1. The molecule has 2 aromatic heterocycles. The summed E-state index contributed by atoms with van der Waals surface area (Å²) in [6.45, 7) is 12.0. The molecule has 0 radical (unpaired) electrons. The largest absolute Gasteiger partial charge is 0.494 e. The van der Waals surface area contributed by atoms with Crippen LogP contribution in [0.25, 0.3) is 11.8 Å². The van der Waals surface area contributed by atoms with Crippen LogP contribution in [0.15, 0.2) is 75.7 Å². The fourth-order valence-electron chi connectivity index (χ4n) is 5.46. The third-order valence-electron chi connectivity index (χ3n) is 7.47. The van der Waals surface area contributed by atoms with Crippen LogP contribution in [0.3, 0.4) is 0 Å². The van der Waals surface area contributed by atoms with Crippen LogP contribution in [-0.4, -0.2) is 41.9 Å². The first-order valence-electron chi connectivity index (χ1n) is 14.4. The molecule has 1 aliphatic rings. The lowest BCUT2D eigenvalue weighted by molar-refractivity contribution is -0.143. The highest BCUT2D eigenvalue weighted by Crippen LogP contribution is 2.32. The number of fused-ring (bicyclic) bond motifs is 1. The molecule has 0 aliphatic carbocycles. The first-order valence-corrected chi connectivity index (χ1v) is 15.2. The van der Waals surface area contributed by atoms with Crippen LogP contribution in [0.4, 0.5) is 5.69 Å². The van der Waals surface area contributed by atoms with Crippen LogP contribution in [0.5, 0.6) is 5.75 Å². The molecule has 0 spiro atoms. The first kappa shape index (κ1) is 30.1. The second kappa shape index (κ2) is 12.1. The molecule has 1 atom stereocenters. The van der Waals surface area contributed by atoms with Gasteiger partial charge in [-0.05, 0) is 101 Å². The minimum Gasteiger partial charge on any atom is -0.494 e. The minimum absolute atomic E-state index is 0.204. The van der Waals surface area contributed by atoms with Gasteiger partial charge in [-0.2, -0.15) is 0 Å². The number of esters is 1. The van der Waals surface area contributed by atoms with Gasteiger partial charge >= 0.3 is 5.97 Å². The lowest BCUT2D eigenvalue weighted by Crippen LogP contribution is -2.40. The molecule has 2 aromatic carbocycles. The van der Waals surface area contributed by atoms with Gasteiger partial charge in [-0.25, -0.2) is 9.79 Å². The number of allylic oxidation sites excluding steroid dienone is 1. The quantitative estimate of drug-likeness (QED) is 0.265. The number of thiazole rings is 1. The number of aromatic nitrogens is 2. The van der Waals surface area contributed by atoms with E-state index in [-0.39, 0.29) is 11.7 Å². The van der Waals surface area contributed by atoms with Crippen LogP contribution < -0.4 is 24.5 Å². The maximum atomic E-state index is 14.1. The van der Waals surface area contributed by atoms with E-state index in [0.717, 1.165) is 39.6 Å². The molecule has 9 heteroatoms. The Morgan fingerprint density at radius 2 is 1.74 bits per heavy atom. The van der Waals surface area contributed by atoms with Gasteiger partial charge < -0.3 is 18.9 Å². The number of benzene rings is 2. The van der Waals surface area contributed by atoms with Gasteiger partial charge in [-0.15, -0.1) is 0 Å². The highest BCUT2D eigenvalue weighted by molar-refractivity contribution is 7.07. The molecular weight excluding hydrogens is 560 g/mol. The van der Waals surface area contributed by atoms with Crippen molar-refractivity contribution in [3.05, 3.63) is 108 Å². The van der Waals surface area contributed by atoms with Crippen molar-refractivity contribution >= 4 is 29.1 Å². The lowest BCUT2D eigenvalue weighted by atomic mass is 9.96. The maximum absolute atomic E-state index is 14.1. The SMILES string of the molecule is CCOc1ccc([C@@H]2C(C(=O)OC(C)C)=C(C)N=c3s/c(=C\c4cc(C)n(-c5ccc(N(C)C)cc5)c4C)c(=O)n32)cc1. The average molecular weight is 599 g/mol. The molecule has 4 aromatic rings. The number of aryl methyl sites for hydroxylation is 1. The van der Waals surface area contributed by atoms with Crippen molar-refractivity contribution in [2.45, 2.75) is 53.7 Å². The summed E-state index contributed by atoms with van der Waals surface area (Å²) < 4.78 is 15.6. The normalized spacial score (nSPS) is 15.0. The van der Waals surface area contributed by atoms with Crippen LogP contribution >= 0.6 is 11.3 Å². The Bertz CT molecular complexity index is 1870. The summed E-state index contributed by atoms with van der Waals surface area (Å²) in [6, 6.07) is 17.3. The maximum Gasteiger partial charge on any atom is 0.338 e. The van der Waals surface area contributed by atoms with Crippen molar-refractivity contribution < 1.29 is 14.3 Å². The van der Waals surface area contributed by atoms with Gasteiger partial charge in [-0.3, -0.25) is 9.36 Å². The molecule has 0 amide bonds. The molecule has 0 bridgehead atoms. The van der Waals surface area contributed by atoms with Crippen LogP contribution in [0.2, 0.25) is 0 Å². The van der Waals surface area contributed by atoms with Crippen LogP contribution in [0.1, 0.15) is 56.3 Å². The predicted octanol–water partition coefficient (Wildman–Crippen LogP) is 5.06. The molecule has 0 saturated heterocycles. The molecule has 43 heavy (non-hydrogen) atoms. The summed E-state index contributed by atoms with van der Waals surface area (Å²) in [5, 5.41) is 0. The van der Waals surface area contributed by atoms with E-state index in [4.69, 9.17) is 14.5 Å². The number of rotatable bonds is 8. The smallest absolute Gasteiger partial charge is 0.338 e. The van der Waals surface area contributed by atoms with E-state index in [0.29, 0.717) is 27.2 Å². The Balaban J connectivity index is 1.64. The standard InChI is InChI=1S/C34H38N4O4S/c1-9-41-28-16-10-24(11-17-28)31-30(33(40)42-20(2)3)22(5)35-34-38(31)32(39)29(43-34)19-25-18-21(4)37(23(25)6)27-14-12-26(13-15-27)36(7)8/h10-20,31H,9H2,1-8H3/b29-19-/t31-/m1/s1. The zero-order chi connectivity index (χ0) is 31.0. The number of hydrogen-bond acceptors (Lipinski definition) is 7. The van der Waals surface area contributed by atoms with Crippen molar-refractivity contribution in [3.8, 4) is 11.4 Å². The van der Waals surface area contributed by atoms with Gasteiger partial charge in [0.25, 0.3) is 5.56 Å². The fraction of sp³-hybridized carbons (Fsp3) is 0.324. The predicted molar refractivity (Wildman–Crippen MR) is 172 cm³/mol. The van der Waals surface area contributed by atoms with Crippen molar-refractivity contribution in [3.63, 3.8) is 0 Å². The van der Waals surface area contributed by atoms with Crippen molar-refractivity contribution in [2.75, 3.05) is 25.6 Å². The molecule has 0 fully saturated rings. The number of ether oxygens (including phenoxy) is 2. The zero-order valence-corrected chi connectivity index (χ0v) is 26.8. The summed E-state index contributed by atoms with van der Waals surface area (Å²) in [7, 11) is 4.04. The Labute approximate surface area is 255 Å². The number of hydrogen-bond donors (Lipinski definition) is 0. The van der Waals surface area contributed by atoms with Crippen LogP contribution in [-0.2, 0) is 9.53 Å². The first-order chi connectivity index (χ1) is 20.5.